The summed E-state index contributed by atoms with van der Waals surface area (Å²) in [6.45, 7) is 2.76. The van der Waals surface area contributed by atoms with E-state index in [-0.39, 0.29) is 78.5 Å². The first-order valence-corrected chi connectivity index (χ1v) is 15.9. The van der Waals surface area contributed by atoms with Gasteiger partial charge in [-0.3, -0.25) is 24.6 Å². The van der Waals surface area contributed by atoms with E-state index < -0.39 is 12.2 Å². The monoisotopic (exact) mass is 625 g/mol. The number of nitrogens with one attached hydrogen (secondary N) is 4. The van der Waals surface area contributed by atoms with Crippen molar-refractivity contribution in [2.45, 2.75) is 99.8 Å². The van der Waals surface area contributed by atoms with Gasteiger partial charge in [-0.1, -0.05) is 18.2 Å². The Morgan fingerprint density at radius 2 is 2.00 bits per heavy atom. The van der Waals surface area contributed by atoms with Crippen LogP contribution < -0.4 is 21.5 Å². The highest BCUT2D eigenvalue weighted by Crippen LogP contribution is 2.29. The fourth-order valence-corrected chi connectivity index (χ4v) is 7.12. The highest BCUT2D eigenvalue weighted by molar-refractivity contribution is 6.25. The second-order valence-electron chi connectivity index (χ2n) is 11.7. The Bertz CT molecular complexity index is 1110. The second kappa shape index (κ2) is 13.9. The summed E-state index contributed by atoms with van der Waals surface area (Å²) < 4.78 is 0. The zero-order valence-electron chi connectivity index (χ0n) is 23.9. The summed E-state index contributed by atoms with van der Waals surface area (Å²) >= 11 is 12.8. The standard InChI is InChI=1S/C28H41Cl2N7O5/c1-17(31-22-15-24(38)32-26(22)34-42-16-19-20(29)9-5-10-21(19)30)23-11-6-13-36-25(39)12-14-35(28(41)37(23)36)33-27(40)18-7-3-2-4-8-18/h5,7,9,17,19-23,26,31,34H,2-4,6,8,10-16H2,1H3,(H,32,38)(H,33,40)/t17?,19?,20?,21-,22?,23?,26?/m1/s1. The zero-order valence-corrected chi connectivity index (χ0v) is 25.4. The third-order valence-corrected chi connectivity index (χ3v) is 9.72. The van der Waals surface area contributed by atoms with Crippen molar-refractivity contribution in [1.29, 1.82) is 0 Å². The Morgan fingerprint density at radius 3 is 2.76 bits per heavy atom. The molecule has 6 unspecified atom stereocenters. The summed E-state index contributed by atoms with van der Waals surface area (Å²) in [5.41, 5.74) is 6.40. The van der Waals surface area contributed by atoms with Crippen LogP contribution >= 0.6 is 23.2 Å². The van der Waals surface area contributed by atoms with Crippen molar-refractivity contribution in [3.63, 3.8) is 0 Å². The predicted octanol–water partition coefficient (Wildman–Crippen LogP) is 2.06. The first-order chi connectivity index (χ1) is 20.2. The number of halogens is 2. The average Bonchev–Trinajstić information content (AvgIpc) is 3.28. The van der Waals surface area contributed by atoms with E-state index in [0.717, 1.165) is 32.1 Å². The third kappa shape index (κ3) is 7.05. The molecule has 0 aromatic carbocycles. The molecule has 5 amide bonds. The molecule has 14 heteroatoms. The zero-order chi connectivity index (χ0) is 29.8. The Hall–Kier alpha value is -2.38. The molecule has 42 heavy (non-hydrogen) atoms. The van der Waals surface area contributed by atoms with Crippen LogP contribution in [0.2, 0.25) is 0 Å². The van der Waals surface area contributed by atoms with Gasteiger partial charge in [0.25, 0.3) is 5.91 Å². The number of alkyl halides is 2. The van der Waals surface area contributed by atoms with E-state index in [1.165, 1.54) is 15.0 Å². The Morgan fingerprint density at radius 1 is 1.17 bits per heavy atom. The van der Waals surface area contributed by atoms with Crippen molar-refractivity contribution in [2.24, 2.45) is 5.92 Å². The average molecular weight is 627 g/mol. The number of carbonyl (C=O) groups is 4. The molecule has 0 aromatic rings. The van der Waals surface area contributed by atoms with Crippen LogP contribution in [-0.4, -0.2) is 93.5 Å². The maximum absolute atomic E-state index is 13.8. The summed E-state index contributed by atoms with van der Waals surface area (Å²) in [4.78, 5) is 58.0. The van der Waals surface area contributed by atoms with E-state index in [9.17, 15) is 19.2 Å². The molecule has 0 spiro atoms. The van der Waals surface area contributed by atoms with Crippen LogP contribution in [0, 0.1) is 5.92 Å². The summed E-state index contributed by atoms with van der Waals surface area (Å²) in [5, 5.41) is 10.3. The molecule has 0 radical (unpaired) electrons. The van der Waals surface area contributed by atoms with Crippen molar-refractivity contribution in [3.8, 4) is 0 Å². The van der Waals surface area contributed by atoms with E-state index >= 15 is 0 Å². The predicted molar refractivity (Wildman–Crippen MR) is 157 cm³/mol. The van der Waals surface area contributed by atoms with Crippen molar-refractivity contribution < 1.29 is 24.0 Å². The van der Waals surface area contributed by atoms with Crippen LogP contribution in [0.4, 0.5) is 4.79 Å². The molecule has 0 saturated carbocycles. The minimum absolute atomic E-state index is 0.0779. The molecule has 232 valence electrons. The third-order valence-electron chi connectivity index (χ3n) is 8.75. The lowest BCUT2D eigenvalue weighted by Gasteiger charge is -2.46. The molecule has 12 nitrogen and oxygen atoms in total. The molecular formula is C28H41Cl2N7O5. The highest BCUT2D eigenvalue weighted by atomic mass is 35.5. The number of fused-ring (bicyclic) bond motifs is 1. The van der Waals surface area contributed by atoms with Gasteiger partial charge in [0.15, 0.2) is 0 Å². The lowest BCUT2D eigenvalue weighted by molar-refractivity contribution is -0.151. The van der Waals surface area contributed by atoms with Crippen LogP contribution in [0.1, 0.15) is 64.7 Å². The number of carbonyl (C=O) groups excluding carboxylic acids is 4. The van der Waals surface area contributed by atoms with Crippen LogP contribution in [0.15, 0.2) is 23.8 Å². The fraction of sp³-hybridized carbons (Fsp3) is 0.714. The molecule has 3 saturated heterocycles. The van der Waals surface area contributed by atoms with Gasteiger partial charge in [0.1, 0.15) is 6.17 Å². The van der Waals surface area contributed by atoms with Gasteiger partial charge in [-0.2, -0.15) is 5.48 Å². The first-order valence-electron chi connectivity index (χ1n) is 15.0. The summed E-state index contributed by atoms with van der Waals surface area (Å²) in [6.07, 6.45) is 11.2. The van der Waals surface area contributed by atoms with Gasteiger partial charge in [-0.05, 0) is 51.9 Å². The van der Waals surface area contributed by atoms with Crippen LogP contribution in [0.25, 0.3) is 0 Å². The van der Waals surface area contributed by atoms with Crippen molar-refractivity contribution in [3.05, 3.63) is 23.8 Å². The lowest BCUT2D eigenvalue weighted by Crippen LogP contribution is -2.66. The number of hydrogen-bond donors (Lipinski definition) is 4. The van der Waals surface area contributed by atoms with Gasteiger partial charge < -0.3 is 10.6 Å². The summed E-state index contributed by atoms with van der Waals surface area (Å²) in [6, 6.07) is -1.43. The molecule has 7 atom stereocenters. The van der Waals surface area contributed by atoms with Crippen LogP contribution in [-0.2, 0) is 19.2 Å². The lowest BCUT2D eigenvalue weighted by atomic mass is 9.94. The Kier molecular flexibility index (Phi) is 10.3. The fourth-order valence-electron chi connectivity index (χ4n) is 6.36. The number of hydrazine groups is 2. The number of urea groups is 1. The normalized spacial score (nSPS) is 32.7. The molecule has 3 aliphatic heterocycles. The Balaban J connectivity index is 1.23. The highest BCUT2D eigenvalue weighted by Gasteiger charge is 2.44. The van der Waals surface area contributed by atoms with Crippen molar-refractivity contribution >= 4 is 47.0 Å². The number of amides is 5. The molecule has 0 bridgehead atoms. The summed E-state index contributed by atoms with van der Waals surface area (Å²) in [5.74, 6) is -0.666. The first kappa shape index (κ1) is 31.1. The molecule has 5 aliphatic rings. The number of nitrogens with zero attached hydrogens (tertiary/aromatic N) is 3. The van der Waals surface area contributed by atoms with Gasteiger partial charge in [-0.25, -0.2) is 19.8 Å². The van der Waals surface area contributed by atoms with Gasteiger partial charge in [0.2, 0.25) is 11.8 Å². The number of rotatable bonds is 9. The largest absolute Gasteiger partial charge is 0.357 e. The molecule has 2 aliphatic carbocycles. The number of hydrogen-bond acceptors (Lipinski definition) is 7. The smallest absolute Gasteiger partial charge is 0.337 e. The maximum atomic E-state index is 13.8. The van der Waals surface area contributed by atoms with E-state index in [4.69, 9.17) is 28.0 Å². The summed E-state index contributed by atoms with van der Waals surface area (Å²) in [7, 11) is 0. The topological polar surface area (TPSA) is 135 Å². The minimum Gasteiger partial charge on any atom is -0.337 e. The molecule has 3 heterocycles. The molecular weight excluding hydrogens is 585 g/mol. The van der Waals surface area contributed by atoms with E-state index in [1.54, 1.807) is 0 Å². The second-order valence-corrected chi connectivity index (χ2v) is 12.8. The van der Waals surface area contributed by atoms with Crippen LogP contribution in [0.5, 0.6) is 0 Å². The van der Waals surface area contributed by atoms with E-state index in [2.05, 4.69) is 21.5 Å². The molecule has 4 N–H and O–H groups in total. The number of hydroxylamine groups is 1. The molecule has 0 aromatic heterocycles. The Labute approximate surface area is 256 Å². The van der Waals surface area contributed by atoms with Crippen LogP contribution in [0.3, 0.4) is 0 Å². The quantitative estimate of drug-likeness (QED) is 0.175. The molecule has 5 rings (SSSR count). The van der Waals surface area contributed by atoms with Gasteiger partial charge in [0, 0.05) is 42.3 Å². The van der Waals surface area contributed by atoms with Gasteiger partial charge in [0.05, 0.1) is 30.6 Å². The molecule has 3 fully saturated rings. The minimum atomic E-state index is -0.512. The van der Waals surface area contributed by atoms with Crippen molar-refractivity contribution in [2.75, 3.05) is 19.7 Å². The SMILES string of the molecule is CC(NC1CC(=O)NC1NOCC1C(Cl)C=CC[C@H]1Cl)C1CCCN2C(=O)CCN(NC(=O)C3=CCCCC3)C(=O)N12. The maximum Gasteiger partial charge on any atom is 0.357 e. The van der Waals surface area contributed by atoms with Gasteiger partial charge >= 0.3 is 6.03 Å². The number of allylic oxidation sites excluding steroid dienone is 3. The van der Waals surface area contributed by atoms with E-state index in [0.29, 0.717) is 25.0 Å². The van der Waals surface area contributed by atoms with E-state index in [1.807, 2.05) is 25.2 Å². The van der Waals surface area contributed by atoms with Crippen molar-refractivity contribution in [1.82, 2.24) is 36.6 Å². The van der Waals surface area contributed by atoms with Gasteiger partial charge in [-0.15, -0.1) is 23.2 Å².